The highest BCUT2D eigenvalue weighted by Crippen LogP contribution is 2.36. The van der Waals surface area contributed by atoms with Crippen LogP contribution < -0.4 is 5.73 Å². The minimum atomic E-state index is -0.973. The zero-order valence-electron chi connectivity index (χ0n) is 9.92. The average molecular weight is 277 g/mol. The first-order valence-corrected chi connectivity index (χ1v) is 6.44. The highest BCUT2D eigenvalue weighted by molar-refractivity contribution is 8.00. The zero-order chi connectivity index (χ0) is 13.8. The molecule has 0 aliphatic carbocycles. The van der Waals surface area contributed by atoms with Crippen molar-refractivity contribution in [2.45, 2.75) is 10.1 Å². The molecular weight excluding hydrogens is 265 g/mol. The number of carboxylic acid groups (broad SMARTS) is 1. The van der Waals surface area contributed by atoms with E-state index >= 15 is 0 Å². The van der Waals surface area contributed by atoms with Gasteiger partial charge in [0, 0.05) is 10.6 Å². The lowest BCUT2D eigenvalue weighted by Gasteiger charge is -2.12. The van der Waals surface area contributed by atoms with Crippen molar-refractivity contribution in [2.24, 2.45) is 0 Å². The van der Waals surface area contributed by atoms with Crippen LogP contribution in [0.3, 0.4) is 0 Å². The summed E-state index contributed by atoms with van der Waals surface area (Å²) in [6, 6.07) is 12.8. The van der Waals surface area contributed by atoms with Crippen LogP contribution in [0.15, 0.2) is 53.4 Å². The lowest BCUT2D eigenvalue weighted by atomic mass is 10.1. The predicted molar refractivity (Wildman–Crippen MR) is 73.5 cm³/mol. The van der Waals surface area contributed by atoms with Gasteiger partial charge in [-0.05, 0) is 23.8 Å². The Balaban J connectivity index is 2.29. The standard InChI is InChI=1S/C14H12FNO2S/c15-10-6-11(16)8-12(7-10)19-13(14(17)18)9-4-2-1-3-5-9/h1-8,13H,16H2,(H,17,18). The van der Waals surface area contributed by atoms with Gasteiger partial charge in [0.25, 0.3) is 0 Å². The van der Waals surface area contributed by atoms with Gasteiger partial charge in [-0.15, -0.1) is 11.8 Å². The van der Waals surface area contributed by atoms with Crippen LogP contribution in [0.2, 0.25) is 0 Å². The number of nitrogens with two attached hydrogens (primary N) is 1. The van der Waals surface area contributed by atoms with Crippen molar-refractivity contribution in [3.8, 4) is 0 Å². The quantitative estimate of drug-likeness (QED) is 0.664. The number of halogens is 1. The lowest BCUT2D eigenvalue weighted by Crippen LogP contribution is -2.07. The topological polar surface area (TPSA) is 63.3 Å². The summed E-state index contributed by atoms with van der Waals surface area (Å²) in [7, 11) is 0. The molecule has 0 saturated carbocycles. The number of aliphatic carboxylic acids is 1. The minimum Gasteiger partial charge on any atom is -0.480 e. The van der Waals surface area contributed by atoms with Crippen LogP contribution in [0.25, 0.3) is 0 Å². The van der Waals surface area contributed by atoms with Crippen LogP contribution in [0.4, 0.5) is 10.1 Å². The van der Waals surface area contributed by atoms with Crippen LogP contribution in [0.1, 0.15) is 10.8 Å². The van der Waals surface area contributed by atoms with Crippen molar-refractivity contribution in [2.75, 3.05) is 5.73 Å². The van der Waals surface area contributed by atoms with Crippen molar-refractivity contribution in [3.63, 3.8) is 0 Å². The van der Waals surface area contributed by atoms with E-state index in [-0.39, 0.29) is 5.69 Å². The molecule has 1 unspecified atom stereocenters. The van der Waals surface area contributed by atoms with E-state index in [4.69, 9.17) is 5.73 Å². The van der Waals surface area contributed by atoms with E-state index in [1.165, 1.54) is 12.1 Å². The van der Waals surface area contributed by atoms with Crippen molar-refractivity contribution in [1.82, 2.24) is 0 Å². The summed E-state index contributed by atoms with van der Waals surface area (Å²) in [5.74, 6) is -1.45. The first kappa shape index (κ1) is 13.4. The number of hydrogen-bond acceptors (Lipinski definition) is 3. The summed E-state index contributed by atoms with van der Waals surface area (Å²) in [6.45, 7) is 0. The van der Waals surface area contributed by atoms with Crippen molar-refractivity contribution in [3.05, 3.63) is 59.9 Å². The van der Waals surface area contributed by atoms with E-state index in [2.05, 4.69) is 0 Å². The van der Waals surface area contributed by atoms with E-state index in [1.807, 2.05) is 6.07 Å². The Morgan fingerprint density at radius 1 is 1.21 bits per heavy atom. The SMILES string of the molecule is Nc1cc(F)cc(SC(C(=O)O)c2ccccc2)c1. The maximum Gasteiger partial charge on any atom is 0.321 e. The van der Waals surface area contributed by atoms with Crippen molar-refractivity contribution in [1.29, 1.82) is 0 Å². The number of nitrogen functional groups attached to an aromatic ring is 1. The second kappa shape index (κ2) is 5.75. The van der Waals surface area contributed by atoms with E-state index in [9.17, 15) is 14.3 Å². The van der Waals surface area contributed by atoms with Crippen LogP contribution in [0, 0.1) is 5.82 Å². The van der Waals surface area contributed by atoms with Crippen molar-refractivity contribution >= 4 is 23.4 Å². The molecule has 0 bridgehead atoms. The second-order valence-corrected chi connectivity index (χ2v) is 5.15. The van der Waals surface area contributed by atoms with Gasteiger partial charge in [-0.1, -0.05) is 30.3 Å². The normalized spacial score (nSPS) is 12.1. The molecule has 0 amide bonds. The van der Waals surface area contributed by atoms with Crippen LogP contribution in [-0.2, 0) is 4.79 Å². The second-order valence-electron chi connectivity index (χ2n) is 3.97. The molecule has 2 rings (SSSR count). The number of carbonyl (C=O) groups is 1. The zero-order valence-corrected chi connectivity index (χ0v) is 10.7. The Hall–Kier alpha value is -2.01. The van der Waals surface area contributed by atoms with Crippen LogP contribution in [0.5, 0.6) is 0 Å². The molecule has 0 aliphatic rings. The Bertz CT molecular complexity index is 569. The molecule has 0 heterocycles. The van der Waals surface area contributed by atoms with Gasteiger partial charge in [0.1, 0.15) is 11.1 Å². The maximum atomic E-state index is 13.2. The largest absolute Gasteiger partial charge is 0.480 e. The van der Waals surface area contributed by atoms with E-state index in [0.29, 0.717) is 10.5 Å². The van der Waals surface area contributed by atoms with E-state index in [1.54, 1.807) is 30.3 Å². The molecule has 0 spiro atoms. The van der Waals surface area contributed by atoms with E-state index < -0.39 is 17.0 Å². The predicted octanol–water partition coefficient (Wildman–Crippen LogP) is 3.33. The molecule has 0 fully saturated rings. The van der Waals surface area contributed by atoms with Gasteiger partial charge in [-0.2, -0.15) is 0 Å². The summed E-state index contributed by atoms with van der Waals surface area (Å²) in [6.07, 6.45) is 0. The molecule has 2 aromatic rings. The van der Waals surface area contributed by atoms with Gasteiger partial charge in [0.15, 0.2) is 0 Å². The number of hydrogen-bond donors (Lipinski definition) is 2. The first-order chi connectivity index (χ1) is 9.06. The smallest absolute Gasteiger partial charge is 0.321 e. The summed E-state index contributed by atoms with van der Waals surface area (Å²) in [4.78, 5) is 11.8. The molecule has 0 saturated heterocycles. The summed E-state index contributed by atoms with van der Waals surface area (Å²) < 4.78 is 13.2. The van der Waals surface area contributed by atoms with Crippen LogP contribution >= 0.6 is 11.8 Å². The van der Waals surface area contributed by atoms with Crippen molar-refractivity contribution < 1.29 is 14.3 Å². The van der Waals surface area contributed by atoms with Gasteiger partial charge in [-0.25, -0.2) is 4.39 Å². The molecule has 19 heavy (non-hydrogen) atoms. The molecule has 0 radical (unpaired) electrons. The van der Waals surface area contributed by atoms with Gasteiger partial charge < -0.3 is 10.8 Å². The fourth-order valence-electron chi connectivity index (χ4n) is 1.68. The molecule has 0 aromatic heterocycles. The highest BCUT2D eigenvalue weighted by Gasteiger charge is 2.21. The molecule has 0 aliphatic heterocycles. The molecule has 98 valence electrons. The maximum absolute atomic E-state index is 13.2. The summed E-state index contributed by atoms with van der Waals surface area (Å²) in [5.41, 5.74) is 6.48. The Labute approximate surface area is 114 Å². The van der Waals surface area contributed by atoms with Crippen LogP contribution in [-0.4, -0.2) is 11.1 Å². The number of benzene rings is 2. The molecular formula is C14H12FNO2S. The van der Waals surface area contributed by atoms with Gasteiger partial charge >= 0.3 is 5.97 Å². The molecule has 5 heteroatoms. The van der Waals surface area contributed by atoms with E-state index in [0.717, 1.165) is 11.8 Å². The number of rotatable bonds is 4. The summed E-state index contributed by atoms with van der Waals surface area (Å²) >= 11 is 1.06. The third-order valence-electron chi connectivity index (χ3n) is 2.47. The number of thioether (sulfide) groups is 1. The lowest BCUT2D eigenvalue weighted by molar-refractivity contribution is -0.136. The minimum absolute atomic E-state index is 0.278. The van der Waals surface area contributed by atoms with Gasteiger partial charge in [0.2, 0.25) is 0 Å². The van der Waals surface area contributed by atoms with Gasteiger partial charge in [-0.3, -0.25) is 4.79 Å². The number of anilines is 1. The number of carboxylic acids is 1. The average Bonchev–Trinajstić information content (AvgIpc) is 2.35. The third-order valence-corrected chi connectivity index (χ3v) is 3.69. The molecule has 1 atom stereocenters. The third kappa shape index (κ3) is 3.48. The fourth-order valence-corrected chi connectivity index (χ4v) is 2.73. The fraction of sp³-hybridized carbons (Fsp3) is 0.0714. The Kier molecular flexibility index (Phi) is 4.06. The Morgan fingerprint density at radius 2 is 1.89 bits per heavy atom. The molecule has 3 nitrogen and oxygen atoms in total. The Morgan fingerprint density at radius 3 is 2.47 bits per heavy atom. The summed E-state index contributed by atoms with van der Waals surface area (Å²) in [5, 5.41) is 8.49. The molecule has 3 N–H and O–H groups in total. The first-order valence-electron chi connectivity index (χ1n) is 5.57. The monoisotopic (exact) mass is 277 g/mol. The highest BCUT2D eigenvalue weighted by atomic mass is 32.2. The molecule has 2 aromatic carbocycles. The van der Waals surface area contributed by atoms with Gasteiger partial charge in [0.05, 0.1) is 0 Å².